The van der Waals surface area contributed by atoms with Crippen molar-refractivity contribution in [2.45, 2.75) is 6.92 Å². The Balaban J connectivity index is 2.14. The van der Waals surface area contributed by atoms with Gasteiger partial charge in [-0.15, -0.1) is 0 Å². The average molecular weight is 327 g/mol. The van der Waals surface area contributed by atoms with Crippen molar-refractivity contribution in [3.8, 4) is 17.0 Å². The van der Waals surface area contributed by atoms with Crippen LogP contribution in [0.25, 0.3) is 16.9 Å². The number of nitrogens with zero attached hydrogens (tertiary/aromatic N) is 3. The summed E-state index contributed by atoms with van der Waals surface area (Å²) >= 11 is 0. The first kappa shape index (κ1) is 15.5. The molecular weight excluding hydrogens is 314 g/mol. The van der Waals surface area contributed by atoms with E-state index in [2.05, 4.69) is 4.98 Å². The summed E-state index contributed by atoms with van der Waals surface area (Å²) in [4.78, 5) is 26.3. The summed E-state index contributed by atoms with van der Waals surface area (Å²) in [7, 11) is 0. The van der Waals surface area contributed by atoms with Gasteiger partial charge in [-0.05, 0) is 31.2 Å². The average Bonchev–Trinajstić information content (AvgIpc) is 2.99. The highest BCUT2D eigenvalue weighted by molar-refractivity contribution is 5.94. The fourth-order valence-electron chi connectivity index (χ4n) is 2.42. The Morgan fingerprint density at radius 3 is 2.88 bits per heavy atom. The van der Waals surface area contributed by atoms with E-state index in [9.17, 15) is 20.0 Å². The second-order valence-electron chi connectivity index (χ2n) is 4.96. The molecule has 8 heteroatoms. The van der Waals surface area contributed by atoms with E-state index in [1.807, 2.05) is 0 Å². The van der Waals surface area contributed by atoms with Gasteiger partial charge in [0.15, 0.2) is 11.4 Å². The maximum Gasteiger partial charge on any atom is 0.339 e. The Bertz CT molecular complexity index is 948. The lowest BCUT2D eigenvalue weighted by molar-refractivity contribution is -0.385. The number of nitro benzene ring substituents is 1. The van der Waals surface area contributed by atoms with E-state index >= 15 is 0 Å². The van der Waals surface area contributed by atoms with Crippen LogP contribution in [0.3, 0.4) is 0 Å². The van der Waals surface area contributed by atoms with Crippen LogP contribution in [0.15, 0.2) is 42.7 Å². The van der Waals surface area contributed by atoms with Crippen LogP contribution < -0.4 is 4.74 Å². The number of aromatic carboxylic acids is 1. The van der Waals surface area contributed by atoms with Gasteiger partial charge in [-0.25, -0.2) is 9.78 Å². The Morgan fingerprint density at radius 1 is 1.42 bits per heavy atom. The predicted octanol–water partition coefficient (Wildman–Crippen LogP) is 3.01. The second-order valence-corrected chi connectivity index (χ2v) is 4.96. The van der Waals surface area contributed by atoms with Crippen LogP contribution in [-0.2, 0) is 0 Å². The topological polar surface area (TPSA) is 107 Å². The number of ether oxygens (including phenoxy) is 1. The van der Waals surface area contributed by atoms with E-state index in [1.165, 1.54) is 18.2 Å². The van der Waals surface area contributed by atoms with Gasteiger partial charge in [-0.1, -0.05) is 0 Å². The van der Waals surface area contributed by atoms with Gasteiger partial charge >= 0.3 is 11.7 Å². The first-order valence-electron chi connectivity index (χ1n) is 7.14. The number of pyridine rings is 1. The number of aromatic nitrogens is 2. The fourth-order valence-corrected chi connectivity index (χ4v) is 2.42. The summed E-state index contributed by atoms with van der Waals surface area (Å²) in [6.07, 6.45) is 3.29. The molecule has 8 nitrogen and oxygen atoms in total. The van der Waals surface area contributed by atoms with Gasteiger partial charge in [0, 0.05) is 24.0 Å². The number of benzene rings is 1. The highest BCUT2D eigenvalue weighted by Crippen LogP contribution is 2.32. The molecule has 2 aromatic heterocycles. The molecule has 3 rings (SSSR count). The van der Waals surface area contributed by atoms with Crippen LogP contribution in [0.1, 0.15) is 17.3 Å². The second kappa shape index (κ2) is 5.99. The maximum absolute atomic E-state index is 11.3. The molecule has 0 saturated heterocycles. The van der Waals surface area contributed by atoms with Crippen LogP contribution in [0.2, 0.25) is 0 Å². The zero-order chi connectivity index (χ0) is 17.3. The van der Waals surface area contributed by atoms with Crippen molar-refractivity contribution < 1.29 is 19.6 Å². The third-order valence-corrected chi connectivity index (χ3v) is 3.46. The number of hydrogen-bond acceptors (Lipinski definition) is 5. The molecule has 122 valence electrons. The SMILES string of the molecule is CCOc1ccc(-c2cn3cccc(C(=O)O)c3n2)cc1[N+](=O)[O-]. The molecule has 0 aliphatic heterocycles. The van der Waals surface area contributed by atoms with Crippen LogP contribution in [0.4, 0.5) is 5.69 Å². The fraction of sp³-hybridized carbons (Fsp3) is 0.125. The van der Waals surface area contributed by atoms with Crippen molar-refractivity contribution in [3.05, 3.63) is 58.4 Å². The van der Waals surface area contributed by atoms with E-state index < -0.39 is 10.9 Å². The molecule has 0 radical (unpaired) electrons. The van der Waals surface area contributed by atoms with E-state index in [-0.39, 0.29) is 22.6 Å². The summed E-state index contributed by atoms with van der Waals surface area (Å²) in [5, 5.41) is 20.4. The highest BCUT2D eigenvalue weighted by atomic mass is 16.6. The molecule has 24 heavy (non-hydrogen) atoms. The molecule has 2 heterocycles. The van der Waals surface area contributed by atoms with E-state index in [0.717, 1.165) is 0 Å². The van der Waals surface area contributed by atoms with E-state index in [0.29, 0.717) is 17.9 Å². The number of fused-ring (bicyclic) bond motifs is 1. The minimum absolute atomic E-state index is 0.0594. The molecule has 0 saturated carbocycles. The van der Waals surface area contributed by atoms with Crippen molar-refractivity contribution in [3.63, 3.8) is 0 Å². The molecule has 0 amide bonds. The van der Waals surface area contributed by atoms with Gasteiger partial charge < -0.3 is 14.2 Å². The van der Waals surface area contributed by atoms with Crippen molar-refractivity contribution >= 4 is 17.3 Å². The van der Waals surface area contributed by atoms with Crippen LogP contribution in [0.5, 0.6) is 5.75 Å². The summed E-state index contributed by atoms with van der Waals surface area (Å²) < 4.78 is 6.82. The van der Waals surface area contributed by atoms with E-state index in [1.54, 1.807) is 35.9 Å². The Hall–Kier alpha value is -3.42. The normalized spacial score (nSPS) is 10.7. The van der Waals surface area contributed by atoms with Gasteiger partial charge in [0.1, 0.15) is 5.56 Å². The largest absolute Gasteiger partial charge is 0.487 e. The summed E-state index contributed by atoms with van der Waals surface area (Å²) in [5.74, 6) is -0.906. The minimum atomic E-state index is -1.09. The van der Waals surface area contributed by atoms with Crippen LogP contribution in [-0.4, -0.2) is 32.0 Å². The molecule has 3 aromatic rings. The van der Waals surface area contributed by atoms with Gasteiger partial charge in [0.25, 0.3) is 0 Å². The van der Waals surface area contributed by atoms with Crippen molar-refractivity contribution in [1.82, 2.24) is 9.38 Å². The molecule has 0 bridgehead atoms. The molecule has 0 spiro atoms. The predicted molar refractivity (Wildman–Crippen MR) is 85.4 cm³/mol. The van der Waals surface area contributed by atoms with Gasteiger partial charge in [0.05, 0.1) is 17.2 Å². The van der Waals surface area contributed by atoms with Gasteiger partial charge in [-0.2, -0.15) is 0 Å². The Kier molecular flexibility index (Phi) is 3.87. The summed E-state index contributed by atoms with van der Waals surface area (Å²) in [6.45, 7) is 2.06. The molecule has 1 aromatic carbocycles. The highest BCUT2D eigenvalue weighted by Gasteiger charge is 2.18. The number of rotatable bonds is 5. The smallest absolute Gasteiger partial charge is 0.339 e. The van der Waals surface area contributed by atoms with E-state index in [4.69, 9.17) is 4.74 Å². The molecule has 0 aliphatic rings. The minimum Gasteiger partial charge on any atom is -0.487 e. The molecule has 0 atom stereocenters. The monoisotopic (exact) mass is 327 g/mol. The zero-order valence-corrected chi connectivity index (χ0v) is 12.7. The first-order chi connectivity index (χ1) is 11.5. The summed E-state index contributed by atoms with van der Waals surface area (Å²) in [6, 6.07) is 7.59. The van der Waals surface area contributed by atoms with Gasteiger partial charge in [-0.3, -0.25) is 10.1 Å². The maximum atomic E-state index is 11.3. The molecule has 0 fully saturated rings. The number of nitro groups is 1. The molecule has 1 N–H and O–H groups in total. The van der Waals surface area contributed by atoms with Crippen molar-refractivity contribution in [2.24, 2.45) is 0 Å². The quantitative estimate of drug-likeness (QED) is 0.570. The third kappa shape index (κ3) is 2.65. The lowest BCUT2D eigenvalue weighted by Gasteiger charge is -2.05. The number of carboxylic acid groups (broad SMARTS) is 1. The molecule has 0 aliphatic carbocycles. The van der Waals surface area contributed by atoms with Crippen molar-refractivity contribution in [2.75, 3.05) is 6.61 Å². The van der Waals surface area contributed by atoms with Crippen molar-refractivity contribution in [1.29, 1.82) is 0 Å². The number of carbonyl (C=O) groups is 1. The lowest BCUT2D eigenvalue weighted by Crippen LogP contribution is -1.99. The Morgan fingerprint density at radius 2 is 2.21 bits per heavy atom. The van der Waals surface area contributed by atoms with Crippen LogP contribution in [0, 0.1) is 10.1 Å². The third-order valence-electron chi connectivity index (χ3n) is 3.46. The molecule has 0 unspecified atom stereocenters. The Labute approximate surface area is 136 Å². The lowest BCUT2D eigenvalue weighted by atomic mass is 10.1. The van der Waals surface area contributed by atoms with Gasteiger partial charge in [0.2, 0.25) is 0 Å². The number of carboxylic acids is 1. The standard InChI is InChI=1S/C16H13N3O5/c1-2-24-14-6-5-10(8-13(14)19(22)23)12-9-18-7-3-4-11(16(20)21)15(18)17-12/h3-9H,2H2,1H3,(H,20,21). The number of imidazole rings is 1. The molecular formula is C16H13N3O5. The first-order valence-corrected chi connectivity index (χ1v) is 7.14. The van der Waals surface area contributed by atoms with Crippen LogP contribution >= 0.6 is 0 Å². The zero-order valence-electron chi connectivity index (χ0n) is 12.7. The summed E-state index contributed by atoms with van der Waals surface area (Å²) in [5.41, 5.74) is 1.12. The number of hydrogen-bond donors (Lipinski definition) is 1.